The van der Waals surface area contributed by atoms with Gasteiger partial charge in [-0.2, -0.15) is 26.3 Å². The standard InChI is InChI=1S/C15H17N3O.2C2HF3O2/c16-13-3-1-11(7-13)15(19)18-14-4-2-12-9-17-6-5-10(12)8-14;2*3-2(4,5)1(6)7/h2,4-6,8-9,11,13H,1,3,7,16H2,(H,18,19);2*(H,6,7)/t11-,13-;;/m1../s1. The fourth-order valence-corrected chi connectivity index (χ4v) is 2.66. The normalized spacial score (nSPS) is 17.8. The van der Waals surface area contributed by atoms with Crippen LogP contribution in [0.2, 0.25) is 0 Å². The van der Waals surface area contributed by atoms with E-state index in [1.54, 1.807) is 6.20 Å². The van der Waals surface area contributed by atoms with Gasteiger partial charge in [-0.3, -0.25) is 9.78 Å². The molecule has 182 valence electrons. The van der Waals surface area contributed by atoms with Crippen molar-refractivity contribution in [2.75, 3.05) is 5.32 Å². The zero-order valence-electron chi connectivity index (χ0n) is 16.7. The Bertz CT molecular complexity index is 956. The van der Waals surface area contributed by atoms with Crippen LogP contribution in [-0.2, 0) is 14.4 Å². The molecule has 2 aromatic rings. The van der Waals surface area contributed by atoms with Crippen molar-refractivity contribution in [1.82, 2.24) is 4.98 Å². The highest BCUT2D eigenvalue weighted by molar-refractivity contribution is 5.95. The van der Waals surface area contributed by atoms with Crippen LogP contribution in [0.5, 0.6) is 0 Å². The van der Waals surface area contributed by atoms with E-state index in [1.165, 1.54) is 0 Å². The number of benzene rings is 1. The Morgan fingerprint density at radius 2 is 1.48 bits per heavy atom. The van der Waals surface area contributed by atoms with Gasteiger partial charge in [0.25, 0.3) is 0 Å². The molecule has 3 rings (SSSR count). The zero-order chi connectivity index (χ0) is 25.4. The number of halogens is 6. The molecule has 0 bridgehead atoms. The summed E-state index contributed by atoms with van der Waals surface area (Å²) >= 11 is 0. The van der Waals surface area contributed by atoms with Crippen molar-refractivity contribution in [3.63, 3.8) is 0 Å². The number of carbonyl (C=O) groups excluding carboxylic acids is 1. The fraction of sp³-hybridized carbons (Fsp3) is 0.368. The number of nitrogens with zero attached hydrogens (tertiary/aromatic N) is 1. The minimum absolute atomic E-state index is 0.0585. The van der Waals surface area contributed by atoms with Crippen molar-refractivity contribution in [3.05, 3.63) is 36.7 Å². The number of alkyl halides is 6. The molecule has 1 aromatic carbocycles. The van der Waals surface area contributed by atoms with E-state index in [2.05, 4.69) is 10.3 Å². The molecule has 1 aromatic heterocycles. The molecule has 1 saturated carbocycles. The molecule has 8 nitrogen and oxygen atoms in total. The van der Waals surface area contributed by atoms with Crippen LogP contribution in [0.3, 0.4) is 0 Å². The van der Waals surface area contributed by atoms with Crippen LogP contribution in [0.25, 0.3) is 10.8 Å². The van der Waals surface area contributed by atoms with Crippen molar-refractivity contribution in [3.8, 4) is 0 Å². The minimum Gasteiger partial charge on any atom is -0.475 e. The number of aromatic nitrogens is 1. The first-order chi connectivity index (χ1) is 15.1. The van der Waals surface area contributed by atoms with Gasteiger partial charge in [-0.05, 0) is 42.8 Å². The summed E-state index contributed by atoms with van der Waals surface area (Å²) in [6.45, 7) is 0. The van der Waals surface area contributed by atoms with E-state index in [0.29, 0.717) is 0 Å². The largest absolute Gasteiger partial charge is 0.490 e. The number of carboxylic acids is 2. The monoisotopic (exact) mass is 483 g/mol. The third kappa shape index (κ3) is 9.72. The molecule has 1 heterocycles. The summed E-state index contributed by atoms with van der Waals surface area (Å²) < 4.78 is 63.5. The number of hydrogen-bond acceptors (Lipinski definition) is 5. The van der Waals surface area contributed by atoms with Crippen LogP contribution in [0.4, 0.5) is 32.0 Å². The first-order valence-electron chi connectivity index (χ1n) is 9.11. The molecule has 1 aliphatic carbocycles. The van der Waals surface area contributed by atoms with Crippen LogP contribution in [-0.4, -0.2) is 51.4 Å². The molecule has 0 radical (unpaired) electrons. The van der Waals surface area contributed by atoms with Crippen LogP contribution >= 0.6 is 0 Å². The molecule has 2 atom stereocenters. The van der Waals surface area contributed by atoms with Crippen LogP contribution in [0.1, 0.15) is 19.3 Å². The smallest absolute Gasteiger partial charge is 0.475 e. The number of carbonyl (C=O) groups is 3. The second-order valence-corrected chi connectivity index (χ2v) is 6.80. The number of amides is 1. The van der Waals surface area contributed by atoms with Gasteiger partial charge in [-0.25, -0.2) is 9.59 Å². The van der Waals surface area contributed by atoms with Crippen molar-refractivity contribution >= 4 is 34.3 Å². The number of aliphatic carboxylic acids is 2. The van der Waals surface area contributed by atoms with Crippen molar-refractivity contribution in [2.24, 2.45) is 11.7 Å². The summed E-state index contributed by atoms with van der Waals surface area (Å²) in [6.07, 6.45) is -3.96. The lowest BCUT2D eigenvalue weighted by Gasteiger charge is -2.11. The average Bonchev–Trinajstić information content (AvgIpc) is 3.14. The Kier molecular flexibility index (Phi) is 9.58. The van der Waals surface area contributed by atoms with Crippen molar-refractivity contribution in [2.45, 2.75) is 37.7 Å². The first-order valence-corrected chi connectivity index (χ1v) is 9.11. The predicted molar refractivity (Wildman–Crippen MR) is 103 cm³/mol. The number of anilines is 1. The zero-order valence-corrected chi connectivity index (χ0v) is 16.7. The van der Waals surface area contributed by atoms with E-state index >= 15 is 0 Å². The molecule has 33 heavy (non-hydrogen) atoms. The van der Waals surface area contributed by atoms with Crippen LogP contribution in [0, 0.1) is 5.92 Å². The predicted octanol–water partition coefficient (Wildman–Crippen LogP) is 3.57. The Balaban J connectivity index is 0.000000324. The molecule has 5 N–H and O–H groups in total. The quantitative estimate of drug-likeness (QED) is 0.479. The molecule has 0 aliphatic heterocycles. The van der Waals surface area contributed by atoms with E-state index in [4.69, 9.17) is 25.5 Å². The third-order valence-corrected chi connectivity index (χ3v) is 4.24. The van der Waals surface area contributed by atoms with Gasteiger partial charge in [-0.15, -0.1) is 0 Å². The summed E-state index contributed by atoms with van der Waals surface area (Å²) in [5.74, 6) is -5.37. The van der Waals surface area contributed by atoms with E-state index < -0.39 is 24.3 Å². The van der Waals surface area contributed by atoms with E-state index in [9.17, 15) is 31.1 Å². The van der Waals surface area contributed by atoms with Gasteiger partial charge in [0.05, 0.1) is 0 Å². The Morgan fingerprint density at radius 1 is 0.939 bits per heavy atom. The van der Waals surface area contributed by atoms with Crippen LogP contribution in [0.15, 0.2) is 36.7 Å². The van der Waals surface area contributed by atoms with Gasteiger partial charge in [0.15, 0.2) is 0 Å². The molecule has 1 aliphatic rings. The summed E-state index contributed by atoms with van der Waals surface area (Å²) in [5, 5.41) is 19.4. The SMILES string of the molecule is N[C@@H]1CC[C@@H](C(=O)Nc2ccc3cnccc3c2)C1.O=C(O)C(F)(F)F.O=C(O)C(F)(F)F. The van der Waals surface area contributed by atoms with Gasteiger partial charge >= 0.3 is 24.3 Å². The maximum Gasteiger partial charge on any atom is 0.490 e. The number of nitrogens with one attached hydrogen (secondary N) is 1. The summed E-state index contributed by atoms with van der Waals surface area (Å²) in [5.41, 5.74) is 6.68. The highest BCUT2D eigenvalue weighted by Gasteiger charge is 2.38. The molecular weight excluding hydrogens is 464 g/mol. The Labute approximate surface area is 182 Å². The van der Waals surface area contributed by atoms with Gasteiger partial charge < -0.3 is 21.3 Å². The minimum atomic E-state index is -5.08. The Morgan fingerprint density at radius 3 is 1.94 bits per heavy atom. The molecular formula is C19H19F6N3O5. The topological polar surface area (TPSA) is 143 Å². The number of nitrogens with two attached hydrogens (primary N) is 1. The second-order valence-electron chi connectivity index (χ2n) is 6.80. The molecule has 0 spiro atoms. The van der Waals surface area contributed by atoms with Crippen molar-refractivity contribution < 1.29 is 50.9 Å². The van der Waals surface area contributed by atoms with Gasteiger partial charge in [0, 0.05) is 35.4 Å². The lowest BCUT2D eigenvalue weighted by Crippen LogP contribution is -2.23. The van der Waals surface area contributed by atoms with Gasteiger partial charge in [0.2, 0.25) is 5.91 Å². The Hall–Kier alpha value is -3.42. The van der Waals surface area contributed by atoms with E-state index in [0.717, 1.165) is 35.7 Å². The number of rotatable bonds is 2. The number of carboxylic acid groups (broad SMARTS) is 2. The maximum absolute atomic E-state index is 12.1. The number of fused-ring (bicyclic) bond motifs is 1. The second kappa shape index (κ2) is 11.4. The third-order valence-electron chi connectivity index (χ3n) is 4.24. The summed E-state index contributed by atoms with van der Waals surface area (Å²) in [4.78, 5) is 34.0. The lowest BCUT2D eigenvalue weighted by atomic mass is 10.1. The molecule has 1 amide bonds. The van der Waals surface area contributed by atoms with E-state index in [1.807, 2.05) is 30.5 Å². The summed E-state index contributed by atoms with van der Waals surface area (Å²) in [6, 6.07) is 7.98. The van der Waals surface area contributed by atoms with Gasteiger partial charge in [0.1, 0.15) is 0 Å². The van der Waals surface area contributed by atoms with Crippen molar-refractivity contribution in [1.29, 1.82) is 0 Å². The maximum atomic E-state index is 12.1. The van der Waals surface area contributed by atoms with Crippen LogP contribution < -0.4 is 11.1 Å². The number of hydrogen-bond donors (Lipinski definition) is 4. The average molecular weight is 483 g/mol. The van der Waals surface area contributed by atoms with Gasteiger partial charge in [-0.1, -0.05) is 6.07 Å². The fourth-order valence-electron chi connectivity index (χ4n) is 2.66. The molecule has 0 saturated heterocycles. The lowest BCUT2D eigenvalue weighted by molar-refractivity contribution is -0.193. The molecule has 0 unspecified atom stereocenters. The first kappa shape index (κ1) is 27.6. The highest BCUT2D eigenvalue weighted by atomic mass is 19.4. The number of pyridine rings is 1. The van der Waals surface area contributed by atoms with E-state index in [-0.39, 0.29) is 17.9 Å². The molecule has 14 heteroatoms. The highest BCUT2D eigenvalue weighted by Crippen LogP contribution is 2.26. The summed E-state index contributed by atoms with van der Waals surface area (Å²) in [7, 11) is 0. The molecule has 1 fully saturated rings.